The summed E-state index contributed by atoms with van der Waals surface area (Å²) in [5.74, 6) is 0.321. The molecule has 204 valence electrons. The number of hydrogen-bond acceptors (Lipinski definition) is 5. The van der Waals surface area contributed by atoms with E-state index in [2.05, 4.69) is 44.9 Å². The number of nitrogens with one attached hydrogen (secondary N) is 1. The summed E-state index contributed by atoms with van der Waals surface area (Å²) in [6.45, 7) is 11.1. The molecule has 1 atom stereocenters. The van der Waals surface area contributed by atoms with Crippen molar-refractivity contribution < 1.29 is 9.59 Å². The maximum atomic E-state index is 14.0. The minimum absolute atomic E-state index is 0.130. The van der Waals surface area contributed by atoms with E-state index in [0.717, 1.165) is 28.7 Å². The molecule has 1 aliphatic rings. The summed E-state index contributed by atoms with van der Waals surface area (Å²) in [5, 5.41) is 3.02. The summed E-state index contributed by atoms with van der Waals surface area (Å²) >= 11 is 0. The van der Waals surface area contributed by atoms with Gasteiger partial charge in [-0.3, -0.25) is 19.5 Å². The van der Waals surface area contributed by atoms with Gasteiger partial charge in [-0.05, 0) is 58.6 Å². The highest BCUT2D eigenvalue weighted by atomic mass is 16.2. The Labute approximate surface area is 231 Å². The molecular weight excluding hydrogens is 486 g/mol. The molecule has 0 saturated heterocycles. The van der Waals surface area contributed by atoms with Crippen LogP contribution in [0.1, 0.15) is 80.1 Å². The normalized spacial score (nSPS) is 17.4. The number of guanidine groups is 1. The summed E-state index contributed by atoms with van der Waals surface area (Å²) in [4.78, 5) is 37.8. The zero-order valence-corrected chi connectivity index (χ0v) is 23.6. The molecule has 7 nitrogen and oxygen atoms in total. The molecule has 0 fully saturated rings. The molecule has 3 aromatic rings. The molecule has 39 heavy (non-hydrogen) atoms. The average molecular weight is 526 g/mol. The van der Waals surface area contributed by atoms with Crippen molar-refractivity contribution >= 4 is 17.8 Å². The van der Waals surface area contributed by atoms with E-state index in [1.165, 1.54) is 0 Å². The van der Waals surface area contributed by atoms with Crippen molar-refractivity contribution in [2.75, 3.05) is 0 Å². The molecule has 2 aromatic carbocycles. The number of rotatable bonds is 9. The van der Waals surface area contributed by atoms with Gasteiger partial charge in [0, 0.05) is 24.5 Å². The summed E-state index contributed by atoms with van der Waals surface area (Å²) in [6, 6.07) is 19.3. The van der Waals surface area contributed by atoms with Crippen LogP contribution in [0.25, 0.3) is 0 Å². The molecule has 0 radical (unpaired) electrons. The Morgan fingerprint density at radius 2 is 1.79 bits per heavy atom. The first-order chi connectivity index (χ1) is 18.5. The Balaban J connectivity index is 1.62. The molecule has 1 aromatic heterocycles. The van der Waals surface area contributed by atoms with Crippen LogP contribution in [-0.4, -0.2) is 27.7 Å². The second kappa shape index (κ2) is 11.4. The number of nitrogens with two attached hydrogens (primary N) is 1. The maximum Gasteiger partial charge on any atom is 0.262 e. The van der Waals surface area contributed by atoms with Gasteiger partial charge in [0.25, 0.3) is 11.8 Å². The fraction of sp³-hybridized carbons (Fsp3) is 0.375. The van der Waals surface area contributed by atoms with Gasteiger partial charge in [-0.2, -0.15) is 0 Å². The predicted octanol–water partition coefficient (Wildman–Crippen LogP) is 5.30. The molecule has 1 aliphatic heterocycles. The minimum atomic E-state index is -1.04. The summed E-state index contributed by atoms with van der Waals surface area (Å²) in [5.41, 5.74) is 9.23. The van der Waals surface area contributed by atoms with Crippen LogP contribution in [0.3, 0.4) is 0 Å². The third kappa shape index (κ3) is 6.19. The minimum Gasteiger partial charge on any atom is -0.369 e. The van der Waals surface area contributed by atoms with Gasteiger partial charge in [-0.25, -0.2) is 4.99 Å². The molecule has 0 unspecified atom stereocenters. The molecule has 2 heterocycles. The molecule has 3 N–H and O–H groups in total. The molecule has 2 amide bonds. The number of pyridine rings is 1. The van der Waals surface area contributed by atoms with Gasteiger partial charge in [-0.1, -0.05) is 83.1 Å². The van der Waals surface area contributed by atoms with Crippen molar-refractivity contribution in [3.8, 4) is 0 Å². The summed E-state index contributed by atoms with van der Waals surface area (Å²) in [6.07, 6.45) is 4.86. The van der Waals surface area contributed by atoms with Crippen molar-refractivity contribution in [3.63, 3.8) is 0 Å². The zero-order chi connectivity index (χ0) is 28.2. The Hall–Kier alpha value is -4.00. The number of amides is 2. The van der Waals surface area contributed by atoms with Crippen molar-refractivity contribution in [3.05, 3.63) is 101 Å². The SMILES string of the molecule is CC(C)CC[C@]1(c2ccccc2)N=C(N)N(Cc2ccc(C(C)(C)C)c(C(=O)NCc3cccnc3)c2)C1=O. The van der Waals surface area contributed by atoms with Crippen LogP contribution in [0.4, 0.5) is 0 Å². The molecule has 0 aliphatic carbocycles. The first-order valence-corrected chi connectivity index (χ1v) is 13.5. The Bertz CT molecular complexity index is 1350. The van der Waals surface area contributed by atoms with Crippen LogP contribution in [0.2, 0.25) is 0 Å². The van der Waals surface area contributed by atoms with E-state index in [1.54, 1.807) is 17.3 Å². The number of carbonyl (C=O) groups is 2. The topological polar surface area (TPSA) is 101 Å². The Morgan fingerprint density at radius 1 is 1.05 bits per heavy atom. The van der Waals surface area contributed by atoms with E-state index in [1.807, 2.05) is 60.7 Å². The lowest BCUT2D eigenvalue weighted by Crippen LogP contribution is -2.42. The fourth-order valence-corrected chi connectivity index (χ4v) is 4.98. The molecule has 4 rings (SSSR count). The number of aliphatic imine (C=N–C) groups is 1. The Kier molecular flexibility index (Phi) is 8.19. The molecule has 7 heteroatoms. The second-order valence-electron chi connectivity index (χ2n) is 11.7. The predicted molar refractivity (Wildman–Crippen MR) is 155 cm³/mol. The molecule has 0 saturated carbocycles. The lowest BCUT2D eigenvalue weighted by Gasteiger charge is -2.28. The second-order valence-corrected chi connectivity index (χ2v) is 11.7. The first kappa shape index (κ1) is 28.0. The number of nitrogens with zero attached hydrogens (tertiary/aromatic N) is 3. The number of carbonyl (C=O) groups excluding carboxylic acids is 2. The van der Waals surface area contributed by atoms with E-state index < -0.39 is 5.54 Å². The number of benzene rings is 2. The lowest BCUT2D eigenvalue weighted by atomic mass is 9.82. The number of aromatic nitrogens is 1. The van der Waals surface area contributed by atoms with Crippen LogP contribution >= 0.6 is 0 Å². The smallest absolute Gasteiger partial charge is 0.262 e. The highest BCUT2D eigenvalue weighted by Gasteiger charge is 2.48. The third-order valence-corrected chi connectivity index (χ3v) is 7.17. The van der Waals surface area contributed by atoms with Gasteiger partial charge >= 0.3 is 0 Å². The quantitative estimate of drug-likeness (QED) is 0.396. The highest BCUT2D eigenvalue weighted by molar-refractivity contribution is 6.07. The van der Waals surface area contributed by atoms with E-state index in [-0.39, 0.29) is 29.7 Å². The fourth-order valence-electron chi connectivity index (χ4n) is 4.98. The third-order valence-electron chi connectivity index (χ3n) is 7.17. The van der Waals surface area contributed by atoms with E-state index in [4.69, 9.17) is 10.7 Å². The van der Waals surface area contributed by atoms with Gasteiger partial charge in [0.05, 0.1) is 6.54 Å². The number of hydrogen-bond donors (Lipinski definition) is 2. The Morgan fingerprint density at radius 3 is 2.44 bits per heavy atom. The molecular formula is C32H39N5O2. The van der Waals surface area contributed by atoms with Crippen LogP contribution in [0.15, 0.2) is 78.0 Å². The highest BCUT2D eigenvalue weighted by Crippen LogP contribution is 2.39. The van der Waals surface area contributed by atoms with Gasteiger partial charge < -0.3 is 11.1 Å². The van der Waals surface area contributed by atoms with Gasteiger partial charge in [0.1, 0.15) is 0 Å². The first-order valence-electron chi connectivity index (χ1n) is 13.5. The maximum absolute atomic E-state index is 14.0. The van der Waals surface area contributed by atoms with Gasteiger partial charge in [0.15, 0.2) is 11.5 Å². The van der Waals surface area contributed by atoms with Gasteiger partial charge in [0.2, 0.25) is 0 Å². The van der Waals surface area contributed by atoms with Crippen molar-refractivity contribution in [1.82, 2.24) is 15.2 Å². The molecule has 0 spiro atoms. The van der Waals surface area contributed by atoms with E-state index in [9.17, 15) is 9.59 Å². The van der Waals surface area contributed by atoms with Crippen molar-refractivity contribution in [1.29, 1.82) is 0 Å². The molecule has 0 bridgehead atoms. The van der Waals surface area contributed by atoms with E-state index in [0.29, 0.717) is 24.4 Å². The largest absolute Gasteiger partial charge is 0.369 e. The lowest BCUT2D eigenvalue weighted by molar-refractivity contribution is -0.132. The zero-order valence-electron chi connectivity index (χ0n) is 23.6. The standard InChI is InChI=1S/C32H39N5O2/c1-22(2)15-16-32(25-11-7-6-8-12-25)29(39)37(30(33)36-32)21-23-13-14-27(31(3,4)5)26(18-23)28(38)35-20-24-10-9-17-34-19-24/h6-14,17-19,22H,15-16,20-21H2,1-5H3,(H2,33,36)(H,35,38)/t32-/m1/s1. The monoisotopic (exact) mass is 525 g/mol. The van der Waals surface area contributed by atoms with Gasteiger partial charge in [-0.15, -0.1) is 0 Å². The van der Waals surface area contributed by atoms with Crippen LogP contribution in [0, 0.1) is 5.92 Å². The summed E-state index contributed by atoms with van der Waals surface area (Å²) in [7, 11) is 0. The summed E-state index contributed by atoms with van der Waals surface area (Å²) < 4.78 is 0. The van der Waals surface area contributed by atoms with Crippen LogP contribution < -0.4 is 11.1 Å². The van der Waals surface area contributed by atoms with Crippen molar-refractivity contribution in [2.24, 2.45) is 16.6 Å². The van der Waals surface area contributed by atoms with E-state index >= 15 is 0 Å². The van der Waals surface area contributed by atoms with Crippen molar-refractivity contribution in [2.45, 2.75) is 71.5 Å². The van der Waals surface area contributed by atoms with Crippen LogP contribution in [0.5, 0.6) is 0 Å². The average Bonchev–Trinajstić information content (AvgIpc) is 3.16. The van der Waals surface area contributed by atoms with Crippen LogP contribution in [-0.2, 0) is 28.8 Å².